The lowest BCUT2D eigenvalue weighted by Gasteiger charge is -2.40. The summed E-state index contributed by atoms with van der Waals surface area (Å²) in [6, 6.07) is 7.98. The highest BCUT2D eigenvalue weighted by Gasteiger charge is 2.37. The van der Waals surface area contributed by atoms with Crippen LogP contribution in [0.25, 0.3) is 0 Å². The Balaban J connectivity index is 2.24. The monoisotopic (exact) mass is 453 g/mol. The molecule has 0 aliphatic carbocycles. The van der Waals surface area contributed by atoms with Crippen molar-refractivity contribution in [3.05, 3.63) is 51.5 Å². The molecule has 30 heavy (non-hydrogen) atoms. The van der Waals surface area contributed by atoms with Gasteiger partial charge in [-0.2, -0.15) is 0 Å². The predicted octanol–water partition coefficient (Wildman–Crippen LogP) is 5.05. The lowest BCUT2D eigenvalue weighted by molar-refractivity contribution is -0.145. The molecule has 162 valence electrons. The van der Waals surface area contributed by atoms with Crippen LogP contribution < -0.4 is 14.2 Å². The fourth-order valence-electron chi connectivity index (χ4n) is 4.10. The normalized spacial score (nSPS) is 18.0. The Bertz CT molecular complexity index is 921. The highest BCUT2D eigenvalue weighted by molar-refractivity contribution is 6.42. The molecule has 1 heterocycles. The average molecular weight is 454 g/mol. The first-order chi connectivity index (χ1) is 14.4. The van der Waals surface area contributed by atoms with Crippen LogP contribution in [0.1, 0.15) is 36.4 Å². The molecule has 1 aliphatic rings. The van der Waals surface area contributed by atoms with Crippen molar-refractivity contribution in [1.29, 1.82) is 0 Å². The average Bonchev–Trinajstić information content (AvgIpc) is 2.76. The fourth-order valence-corrected chi connectivity index (χ4v) is 4.41. The third-order valence-electron chi connectivity index (χ3n) is 5.45. The molecule has 0 saturated carbocycles. The summed E-state index contributed by atoms with van der Waals surface area (Å²) in [5, 5.41) is 10.7. The van der Waals surface area contributed by atoms with Gasteiger partial charge in [-0.25, -0.2) is 0 Å². The first-order valence-electron chi connectivity index (χ1n) is 9.65. The summed E-state index contributed by atoms with van der Waals surface area (Å²) in [6.45, 7) is 0.624. The van der Waals surface area contributed by atoms with Crippen molar-refractivity contribution in [1.82, 2.24) is 4.90 Å². The van der Waals surface area contributed by atoms with Crippen molar-refractivity contribution in [3.8, 4) is 17.2 Å². The van der Waals surface area contributed by atoms with E-state index in [1.807, 2.05) is 17.0 Å². The number of aliphatic carboxylic acids is 1. The van der Waals surface area contributed by atoms with E-state index in [4.69, 9.17) is 37.4 Å². The van der Waals surface area contributed by atoms with Crippen molar-refractivity contribution in [2.45, 2.75) is 31.3 Å². The Morgan fingerprint density at radius 2 is 1.77 bits per heavy atom. The second-order valence-electron chi connectivity index (χ2n) is 7.09. The van der Waals surface area contributed by atoms with E-state index in [0.717, 1.165) is 24.0 Å². The van der Waals surface area contributed by atoms with E-state index in [0.29, 0.717) is 40.3 Å². The topological polar surface area (TPSA) is 68.2 Å². The Morgan fingerprint density at radius 1 is 1.03 bits per heavy atom. The first kappa shape index (κ1) is 22.5. The van der Waals surface area contributed by atoms with E-state index >= 15 is 0 Å². The van der Waals surface area contributed by atoms with E-state index in [1.165, 1.54) is 0 Å². The SMILES string of the molecule is COc1ccc(C(c2ccc(Cl)c(Cl)c2)N2CCCCC2C(=O)O)c(OC)c1OC. The van der Waals surface area contributed by atoms with E-state index < -0.39 is 18.1 Å². The van der Waals surface area contributed by atoms with Gasteiger partial charge in [-0.15, -0.1) is 0 Å². The van der Waals surface area contributed by atoms with E-state index in [9.17, 15) is 9.90 Å². The molecule has 0 radical (unpaired) electrons. The highest BCUT2D eigenvalue weighted by atomic mass is 35.5. The number of hydrogen-bond acceptors (Lipinski definition) is 5. The second kappa shape index (κ2) is 9.77. The van der Waals surface area contributed by atoms with Gasteiger partial charge in [-0.1, -0.05) is 35.7 Å². The van der Waals surface area contributed by atoms with Crippen molar-refractivity contribution in [2.24, 2.45) is 0 Å². The van der Waals surface area contributed by atoms with Crippen LogP contribution in [0.5, 0.6) is 17.2 Å². The number of methoxy groups -OCH3 is 3. The summed E-state index contributed by atoms with van der Waals surface area (Å²) in [6.07, 6.45) is 2.34. The predicted molar refractivity (Wildman–Crippen MR) is 116 cm³/mol. The highest BCUT2D eigenvalue weighted by Crippen LogP contribution is 2.47. The quantitative estimate of drug-likeness (QED) is 0.632. The zero-order valence-corrected chi connectivity index (χ0v) is 18.7. The molecule has 2 aromatic carbocycles. The molecule has 2 aromatic rings. The minimum absolute atomic E-state index is 0.405. The minimum atomic E-state index is -0.848. The minimum Gasteiger partial charge on any atom is -0.493 e. The molecular weight excluding hydrogens is 429 g/mol. The summed E-state index contributed by atoms with van der Waals surface area (Å²) >= 11 is 12.5. The van der Waals surface area contributed by atoms with Gasteiger partial charge in [0.25, 0.3) is 0 Å². The zero-order valence-electron chi connectivity index (χ0n) is 17.2. The number of carboxylic acids is 1. The molecule has 8 heteroatoms. The van der Waals surface area contributed by atoms with Gasteiger partial charge >= 0.3 is 5.97 Å². The van der Waals surface area contributed by atoms with Gasteiger partial charge in [0.05, 0.1) is 37.4 Å². The Labute approximate surface area is 186 Å². The van der Waals surface area contributed by atoms with Crippen molar-refractivity contribution < 1.29 is 24.1 Å². The molecule has 0 aromatic heterocycles. The largest absolute Gasteiger partial charge is 0.493 e. The first-order valence-corrected chi connectivity index (χ1v) is 10.4. The number of hydrogen-bond donors (Lipinski definition) is 1. The molecule has 0 bridgehead atoms. The van der Waals surface area contributed by atoms with Gasteiger partial charge in [-0.3, -0.25) is 9.69 Å². The Hall–Kier alpha value is -2.15. The van der Waals surface area contributed by atoms with Crippen LogP contribution in [-0.4, -0.2) is 49.9 Å². The molecule has 0 spiro atoms. The summed E-state index contributed by atoms with van der Waals surface area (Å²) in [5.41, 5.74) is 1.59. The molecular formula is C22H25Cl2NO5. The fraction of sp³-hybridized carbons (Fsp3) is 0.409. The summed E-state index contributed by atoms with van der Waals surface area (Å²) < 4.78 is 16.7. The summed E-state index contributed by atoms with van der Waals surface area (Å²) in [4.78, 5) is 14.0. The number of ether oxygens (including phenoxy) is 3. The van der Waals surface area contributed by atoms with Crippen LogP contribution in [0.3, 0.4) is 0 Å². The van der Waals surface area contributed by atoms with E-state index in [2.05, 4.69) is 0 Å². The number of halogens is 2. The number of likely N-dealkylation sites (tertiary alicyclic amines) is 1. The van der Waals surface area contributed by atoms with Crippen LogP contribution in [-0.2, 0) is 4.79 Å². The van der Waals surface area contributed by atoms with Gasteiger partial charge in [0, 0.05) is 5.56 Å². The van der Waals surface area contributed by atoms with Gasteiger partial charge in [0.15, 0.2) is 11.5 Å². The third-order valence-corrected chi connectivity index (χ3v) is 6.19. The Kier molecular flexibility index (Phi) is 7.34. The summed E-state index contributed by atoms with van der Waals surface area (Å²) in [5.74, 6) is 0.618. The Morgan fingerprint density at radius 3 is 2.37 bits per heavy atom. The number of nitrogens with zero attached hydrogens (tertiary/aromatic N) is 1. The molecule has 2 atom stereocenters. The smallest absolute Gasteiger partial charge is 0.320 e. The lowest BCUT2D eigenvalue weighted by atomic mass is 9.91. The third kappa shape index (κ3) is 4.31. The zero-order chi connectivity index (χ0) is 21.8. The van der Waals surface area contributed by atoms with Gasteiger partial charge in [-0.05, 0) is 49.2 Å². The van der Waals surface area contributed by atoms with Crippen LogP contribution in [0.4, 0.5) is 0 Å². The maximum Gasteiger partial charge on any atom is 0.320 e. The number of carbonyl (C=O) groups is 1. The second-order valence-corrected chi connectivity index (χ2v) is 7.90. The van der Waals surface area contributed by atoms with Crippen LogP contribution >= 0.6 is 23.2 Å². The van der Waals surface area contributed by atoms with Crippen molar-refractivity contribution in [3.63, 3.8) is 0 Å². The van der Waals surface area contributed by atoms with Crippen molar-refractivity contribution >= 4 is 29.2 Å². The number of piperidine rings is 1. The summed E-state index contributed by atoms with van der Waals surface area (Å²) in [7, 11) is 4.65. The molecule has 1 fully saturated rings. The number of rotatable bonds is 7. The molecule has 1 saturated heterocycles. The molecule has 0 amide bonds. The molecule has 1 N–H and O–H groups in total. The van der Waals surface area contributed by atoms with Gasteiger partial charge in [0.1, 0.15) is 6.04 Å². The van der Waals surface area contributed by atoms with Crippen LogP contribution in [0, 0.1) is 0 Å². The lowest BCUT2D eigenvalue weighted by Crippen LogP contribution is -2.46. The standard InChI is InChI=1S/C22H25Cl2NO5/c1-28-18-10-8-14(20(29-2)21(18)30-3)19(13-7-9-15(23)16(24)12-13)25-11-5-4-6-17(25)22(26)27/h7-10,12,17,19H,4-6,11H2,1-3H3,(H,26,27). The van der Waals surface area contributed by atoms with E-state index in [-0.39, 0.29) is 0 Å². The molecule has 3 rings (SSSR count). The van der Waals surface area contributed by atoms with Crippen molar-refractivity contribution in [2.75, 3.05) is 27.9 Å². The maximum atomic E-state index is 12.1. The molecule has 1 aliphatic heterocycles. The van der Waals surface area contributed by atoms with Crippen LogP contribution in [0.15, 0.2) is 30.3 Å². The van der Waals surface area contributed by atoms with Crippen LogP contribution in [0.2, 0.25) is 10.0 Å². The molecule has 2 unspecified atom stereocenters. The van der Waals surface area contributed by atoms with E-state index in [1.54, 1.807) is 39.5 Å². The van der Waals surface area contributed by atoms with Gasteiger partial charge in [0.2, 0.25) is 5.75 Å². The maximum absolute atomic E-state index is 12.1. The van der Waals surface area contributed by atoms with Gasteiger partial charge < -0.3 is 19.3 Å². The number of carboxylic acid groups (broad SMARTS) is 1. The number of benzene rings is 2. The molecule has 6 nitrogen and oxygen atoms in total.